The van der Waals surface area contributed by atoms with Crippen LogP contribution in [0.4, 0.5) is 0 Å². The van der Waals surface area contributed by atoms with Gasteiger partial charge in [0, 0.05) is 19.4 Å². The molecular weight excluding hydrogens is 364 g/mol. The van der Waals surface area contributed by atoms with Gasteiger partial charge in [0.05, 0.1) is 4.88 Å². The molecule has 0 aliphatic rings. The van der Waals surface area contributed by atoms with Crippen LogP contribution in [0.2, 0.25) is 0 Å². The number of carbonyl (C=O) groups excluding carboxylic acids is 1. The second kappa shape index (κ2) is 5.04. The number of benzene rings is 1. The second-order valence-corrected chi connectivity index (χ2v) is 6.85. The predicted octanol–water partition coefficient (Wildman–Crippen LogP) is 5.12. The van der Waals surface area contributed by atoms with Crippen molar-refractivity contribution < 1.29 is 4.79 Å². The summed E-state index contributed by atoms with van der Waals surface area (Å²) >= 11 is 8.36. The van der Waals surface area contributed by atoms with E-state index in [0.29, 0.717) is 0 Å². The maximum Gasteiger partial charge on any atom is 0.204 e. The van der Waals surface area contributed by atoms with Crippen LogP contribution >= 0.6 is 43.2 Å². The second-order valence-electron chi connectivity index (χ2n) is 3.82. The SMILES string of the molecule is Cc1cc(Br)c(C(=O)c2ccc(Br)cc2C)s1. The Hall–Kier alpha value is -0.450. The van der Waals surface area contributed by atoms with E-state index in [9.17, 15) is 4.79 Å². The summed E-state index contributed by atoms with van der Waals surface area (Å²) in [4.78, 5) is 14.3. The minimum absolute atomic E-state index is 0.0833. The molecule has 1 aromatic heterocycles. The smallest absolute Gasteiger partial charge is 0.204 e. The Labute approximate surface area is 121 Å². The Morgan fingerprint density at radius 1 is 1.18 bits per heavy atom. The summed E-state index contributed by atoms with van der Waals surface area (Å²) in [5, 5.41) is 0. The lowest BCUT2D eigenvalue weighted by Gasteiger charge is -2.04. The number of hydrogen-bond acceptors (Lipinski definition) is 2. The first-order chi connectivity index (χ1) is 7.99. The van der Waals surface area contributed by atoms with Crippen LogP contribution in [0.15, 0.2) is 33.2 Å². The standard InChI is InChI=1S/C13H10Br2OS/c1-7-5-9(14)3-4-10(7)12(16)13-11(15)6-8(2)17-13/h3-6H,1-2H3. The zero-order chi connectivity index (χ0) is 12.6. The Kier molecular flexibility index (Phi) is 3.85. The van der Waals surface area contributed by atoms with E-state index in [4.69, 9.17) is 0 Å². The largest absolute Gasteiger partial charge is 0.288 e. The fraction of sp³-hybridized carbons (Fsp3) is 0.154. The van der Waals surface area contributed by atoms with Crippen LogP contribution in [0, 0.1) is 13.8 Å². The highest BCUT2D eigenvalue weighted by Crippen LogP contribution is 2.30. The van der Waals surface area contributed by atoms with Crippen molar-refractivity contribution in [1.29, 1.82) is 0 Å². The normalized spacial score (nSPS) is 10.6. The van der Waals surface area contributed by atoms with Crippen molar-refractivity contribution >= 4 is 49.0 Å². The molecule has 0 saturated carbocycles. The molecular formula is C13H10Br2OS. The zero-order valence-corrected chi connectivity index (χ0v) is 13.4. The highest BCUT2D eigenvalue weighted by Gasteiger charge is 2.17. The molecule has 88 valence electrons. The van der Waals surface area contributed by atoms with E-state index in [0.717, 1.165) is 29.8 Å². The molecule has 17 heavy (non-hydrogen) atoms. The average molecular weight is 374 g/mol. The molecule has 1 aromatic carbocycles. The lowest BCUT2D eigenvalue weighted by atomic mass is 10.0. The van der Waals surface area contributed by atoms with Crippen molar-refractivity contribution in [3.8, 4) is 0 Å². The molecule has 0 fully saturated rings. The number of thiophene rings is 1. The summed E-state index contributed by atoms with van der Waals surface area (Å²) in [5.41, 5.74) is 1.75. The molecule has 0 spiro atoms. The van der Waals surface area contributed by atoms with Crippen LogP contribution in [0.1, 0.15) is 25.7 Å². The van der Waals surface area contributed by atoms with E-state index in [1.807, 2.05) is 38.1 Å². The van der Waals surface area contributed by atoms with Gasteiger partial charge in [-0.1, -0.05) is 15.9 Å². The molecule has 0 amide bonds. The summed E-state index contributed by atoms with van der Waals surface area (Å²) in [6.07, 6.45) is 0. The van der Waals surface area contributed by atoms with Gasteiger partial charge >= 0.3 is 0 Å². The third-order valence-electron chi connectivity index (χ3n) is 2.45. The van der Waals surface area contributed by atoms with E-state index in [2.05, 4.69) is 31.9 Å². The lowest BCUT2D eigenvalue weighted by Crippen LogP contribution is -2.01. The molecule has 2 rings (SSSR count). The maximum atomic E-state index is 12.4. The first-order valence-corrected chi connectivity index (χ1v) is 7.46. The zero-order valence-electron chi connectivity index (χ0n) is 9.38. The summed E-state index contributed by atoms with van der Waals surface area (Å²) in [5.74, 6) is 0.0833. The molecule has 1 heterocycles. The van der Waals surface area contributed by atoms with Crippen molar-refractivity contribution in [2.24, 2.45) is 0 Å². The van der Waals surface area contributed by atoms with Crippen molar-refractivity contribution in [2.45, 2.75) is 13.8 Å². The molecule has 4 heteroatoms. The van der Waals surface area contributed by atoms with E-state index in [1.54, 1.807) is 0 Å². The van der Waals surface area contributed by atoms with Gasteiger partial charge in [0.1, 0.15) is 0 Å². The van der Waals surface area contributed by atoms with Crippen LogP contribution < -0.4 is 0 Å². The number of carbonyl (C=O) groups is 1. The molecule has 0 saturated heterocycles. The fourth-order valence-corrected chi connectivity index (χ4v) is 3.89. The minimum Gasteiger partial charge on any atom is -0.288 e. The molecule has 0 atom stereocenters. The van der Waals surface area contributed by atoms with Gasteiger partial charge in [0.25, 0.3) is 0 Å². The van der Waals surface area contributed by atoms with E-state index in [-0.39, 0.29) is 5.78 Å². The molecule has 1 nitrogen and oxygen atoms in total. The van der Waals surface area contributed by atoms with Crippen molar-refractivity contribution in [3.63, 3.8) is 0 Å². The summed E-state index contributed by atoms with van der Waals surface area (Å²) in [7, 11) is 0. The van der Waals surface area contributed by atoms with Crippen LogP contribution in [-0.2, 0) is 0 Å². The molecule has 0 radical (unpaired) electrons. The minimum atomic E-state index is 0.0833. The van der Waals surface area contributed by atoms with Crippen LogP contribution in [0.5, 0.6) is 0 Å². The van der Waals surface area contributed by atoms with Crippen molar-refractivity contribution in [2.75, 3.05) is 0 Å². The first kappa shape index (κ1) is 13.0. The van der Waals surface area contributed by atoms with E-state index >= 15 is 0 Å². The lowest BCUT2D eigenvalue weighted by molar-refractivity contribution is 0.104. The average Bonchev–Trinajstić information content (AvgIpc) is 2.57. The maximum absolute atomic E-state index is 12.4. The summed E-state index contributed by atoms with van der Waals surface area (Å²) in [6, 6.07) is 7.70. The Morgan fingerprint density at radius 2 is 1.88 bits per heavy atom. The molecule has 0 aliphatic heterocycles. The number of hydrogen-bond donors (Lipinski definition) is 0. The molecule has 0 aliphatic carbocycles. The fourth-order valence-electron chi connectivity index (χ4n) is 1.64. The Bertz CT molecular complexity index is 587. The third kappa shape index (κ3) is 2.69. The predicted molar refractivity (Wildman–Crippen MR) is 79.1 cm³/mol. The Balaban J connectivity index is 2.47. The third-order valence-corrected chi connectivity index (χ3v) is 4.88. The quantitative estimate of drug-likeness (QED) is 0.667. The van der Waals surface area contributed by atoms with Crippen molar-refractivity contribution in [1.82, 2.24) is 0 Å². The molecule has 2 aromatic rings. The van der Waals surface area contributed by atoms with Gasteiger partial charge in [0.2, 0.25) is 5.78 Å². The highest BCUT2D eigenvalue weighted by atomic mass is 79.9. The van der Waals surface area contributed by atoms with Crippen LogP contribution in [-0.4, -0.2) is 5.78 Å². The van der Waals surface area contributed by atoms with Gasteiger partial charge in [-0.05, 0) is 59.6 Å². The monoisotopic (exact) mass is 372 g/mol. The number of aryl methyl sites for hydroxylation is 2. The van der Waals surface area contributed by atoms with Gasteiger partial charge in [-0.15, -0.1) is 11.3 Å². The van der Waals surface area contributed by atoms with Gasteiger partial charge in [-0.3, -0.25) is 4.79 Å². The summed E-state index contributed by atoms with van der Waals surface area (Å²) in [6.45, 7) is 3.95. The van der Waals surface area contributed by atoms with Gasteiger partial charge in [0.15, 0.2) is 0 Å². The number of halogens is 2. The van der Waals surface area contributed by atoms with Crippen molar-refractivity contribution in [3.05, 3.63) is 54.1 Å². The highest BCUT2D eigenvalue weighted by molar-refractivity contribution is 9.10. The van der Waals surface area contributed by atoms with Crippen LogP contribution in [0.25, 0.3) is 0 Å². The van der Waals surface area contributed by atoms with Crippen LogP contribution in [0.3, 0.4) is 0 Å². The van der Waals surface area contributed by atoms with Gasteiger partial charge in [-0.2, -0.15) is 0 Å². The van der Waals surface area contributed by atoms with Gasteiger partial charge in [-0.25, -0.2) is 0 Å². The first-order valence-electron chi connectivity index (χ1n) is 5.06. The molecule has 0 N–H and O–H groups in total. The van der Waals surface area contributed by atoms with E-state index < -0.39 is 0 Å². The number of rotatable bonds is 2. The molecule has 0 unspecified atom stereocenters. The Morgan fingerprint density at radius 3 is 2.41 bits per heavy atom. The van der Waals surface area contributed by atoms with Gasteiger partial charge < -0.3 is 0 Å². The molecule has 0 bridgehead atoms. The number of ketones is 1. The van der Waals surface area contributed by atoms with E-state index in [1.165, 1.54) is 11.3 Å². The summed E-state index contributed by atoms with van der Waals surface area (Å²) < 4.78 is 1.88. The topological polar surface area (TPSA) is 17.1 Å².